The number of carbonyl (C=O) groups is 2. The van der Waals surface area contributed by atoms with Gasteiger partial charge in [-0.25, -0.2) is 9.78 Å². The van der Waals surface area contributed by atoms with Gasteiger partial charge in [-0.2, -0.15) is 9.97 Å². The highest BCUT2D eigenvalue weighted by atomic mass is 35.5. The molecule has 1 aliphatic rings. The Kier molecular flexibility index (Phi) is 5.68. The average Bonchev–Trinajstić information content (AvgIpc) is 3.29. The molecular weight excluding hydrogens is 456 g/mol. The minimum atomic E-state index is -0.978. The van der Waals surface area contributed by atoms with Crippen LogP contribution in [0.2, 0.25) is 5.15 Å². The van der Waals surface area contributed by atoms with Crippen molar-refractivity contribution in [3.63, 3.8) is 0 Å². The summed E-state index contributed by atoms with van der Waals surface area (Å²) in [5.41, 5.74) is 6.76. The highest BCUT2D eigenvalue weighted by Gasteiger charge is 2.44. The van der Waals surface area contributed by atoms with Gasteiger partial charge in [0.05, 0.1) is 22.9 Å². The summed E-state index contributed by atoms with van der Waals surface area (Å²) >= 11 is 6.10. The molecule has 0 radical (unpaired) electrons. The lowest BCUT2D eigenvalue weighted by Crippen LogP contribution is -2.31. The summed E-state index contributed by atoms with van der Waals surface area (Å²) in [6, 6.07) is 4.44. The number of nitrogens with two attached hydrogens (primary N) is 1. The van der Waals surface area contributed by atoms with E-state index < -0.39 is 35.1 Å². The fraction of sp³-hybridized carbons (Fsp3) is 0.250. The first-order chi connectivity index (χ1) is 15.7. The van der Waals surface area contributed by atoms with Gasteiger partial charge in [0, 0.05) is 25.5 Å². The number of rotatable bonds is 5. The number of nitro benzene ring substituents is 1. The second kappa shape index (κ2) is 8.47. The number of imidazole rings is 1. The summed E-state index contributed by atoms with van der Waals surface area (Å²) in [7, 11) is 0. The molecule has 0 amide bonds. The number of anilines is 1. The number of hydrogen-bond donors (Lipinski definition) is 1. The third kappa shape index (κ3) is 4.20. The van der Waals surface area contributed by atoms with Crippen LogP contribution in [-0.2, 0) is 14.3 Å². The quantitative estimate of drug-likeness (QED) is 0.192. The van der Waals surface area contributed by atoms with Crippen LogP contribution in [0.4, 0.5) is 11.6 Å². The number of esters is 2. The Balaban J connectivity index is 1.63. The molecule has 170 valence electrons. The zero-order valence-corrected chi connectivity index (χ0v) is 17.9. The SMILES string of the molecule is C=C1C(OC(=O)c2ccc([N+](=O)[O-])cc2)C(OC(C)=O)CC1n1cnc2c(Cl)nc(N)nc21. The molecule has 33 heavy (non-hydrogen) atoms. The van der Waals surface area contributed by atoms with E-state index in [0.29, 0.717) is 16.7 Å². The largest absolute Gasteiger partial charge is 0.458 e. The molecule has 12 nitrogen and oxygen atoms in total. The second-order valence-corrected chi connectivity index (χ2v) is 7.66. The van der Waals surface area contributed by atoms with Crippen LogP contribution in [0.1, 0.15) is 29.7 Å². The molecule has 4 rings (SSSR count). The van der Waals surface area contributed by atoms with Crippen molar-refractivity contribution >= 4 is 46.3 Å². The zero-order valence-electron chi connectivity index (χ0n) is 17.2. The smallest absolute Gasteiger partial charge is 0.338 e. The number of hydrogen-bond acceptors (Lipinski definition) is 10. The minimum absolute atomic E-state index is 0.0458. The van der Waals surface area contributed by atoms with Crippen LogP contribution < -0.4 is 5.73 Å². The van der Waals surface area contributed by atoms with E-state index in [2.05, 4.69) is 21.5 Å². The molecule has 0 bridgehead atoms. The number of carbonyl (C=O) groups excluding carboxylic acids is 2. The van der Waals surface area contributed by atoms with Crippen molar-refractivity contribution in [2.24, 2.45) is 0 Å². The van der Waals surface area contributed by atoms with Crippen molar-refractivity contribution in [3.05, 3.63) is 63.6 Å². The van der Waals surface area contributed by atoms with E-state index in [4.69, 9.17) is 26.8 Å². The summed E-state index contributed by atoms with van der Waals surface area (Å²) in [5, 5.41) is 10.9. The van der Waals surface area contributed by atoms with Gasteiger partial charge < -0.3 is 19.8 Å². The van der Waals surface area contributed by atoms with Crippen molar-refractivity contribution in [2.75, 3.05) is 5.73 Å². The van der Waals surface area contributed by atoms with Gasteiger partial charge in [-0.15, -0.1) is 0 Å². The molecule has 3 atom stereocenters. The number of fused-ring (bicyclic) bond motifs is 1. The number of benzene rings is 1. The van der Waals surface area contributed by atoms with E-state index in [1.807, 2.05) is 0 Å². The van der Waals surface area contributed by atoms with Gasteiger partial charge in [-0.3, -0.25) is 14.9 Å². The molecule has 0 aliphatic heterocycles. The van der Waals surface area contributed by atoms with Crippen LogP contribution in [0.5, 0.6) is 0 Å². The normalized spacial score (nSPS) is 20.1. The van der Waals surface area contributed by atoms with Crippen LogP contribution in [-0.4, -0.2) is 48.6 Å². The predicted molar refractivity (Wildman–Crippen MR) is 115 cm³/mol. The zero-order chi connectivity index (χ0) is 23.9. The third-order valence-electron chi connectivity index (χ3n) is 5.18. The molecule has 1 aromatic carbocycles. The summed E-state index contributed by atoms with van der Waals surface area (Å²) in [4.78, 5) is 46.9. The molecule has 2 N–H and O–H groups in total. The monoisotopic (exact) mass is 472 g/mol. The maximum absolute atomic E-state index is 12.7. The summed E-state index contributed by atoms with van der Waals surface area (Å²) in [6.45, 7) is 5.29. The molecule has 1 aliphatic carbocycles. The molecule has 1 fully saturated rings. The van der Waals surface area contributed by atoms with Crippen molar-refractivity contribution in [1.82, 2.24) is 19.5 Å². The van der Waals surface area contributed by atoms with Gasteiger partial charge in [0.15, 0.2) is 16.9 Å². The topological polar surface area (TPSA) is 165 Å². The number of non-ortho nitro benzene ring substituents is 1. The van der Waals surface area contributed by atoms with Crippen LogP contribution in [0.15, 0.2) is 42.7 Å². The number of nitro groups is 1. The summed E-state index contributed by atoms with van der Waals surface area (Å²) in [6.07, 6.45) is -0.0991. The first-order valence-electron chi connectivity index (χ1n) is 9.62. The van der Waals surface area contributed by atoms with Gasteiger partial charge in [-0.1, -0.05) is 18.2 Å². The van der Waals surface area contributed by atoms with Gasteiger partial charge in [0.2, 0.25) is 5.95 Å². The van der Waals surface area contributed by atoms with E-state index in [1.165, 1.54) is 37.5 Å². The Labute approximate surface area is 191 Å². The van der Waals surface area contributed by atoms with Crippen molar-refractivity contribution < 1.29 is 24.0 Å². The van der Waals surface area contributed by atoms with Crippen molar-refractivity contribution in [2.45, 2.75) is 31.6 Å². The number of halogens is 1. The van der Waals surface area contributed by atoms with Crippen LogP contribution >= 0.6 is 11.6 Å². The molecular formula is C20H17ClN6O6. The highest BCUT2D eigenvalue weighted by molar-refractivity contribution is 6.33. The summed E-state index contributed by atoms with van der Waals surface area (Å²) < 4.78 is 12.6. The molecule has 2 heterocycles. The molecule has 0 saturated heterocycles. The maximum atomic E-state index is 12.7. The molecule has 3 aromatic rings. The fourth-order valence-corrected chi connectivity index (χ4v) is 3.94. The van der Waals surface area contributed by atoms with E-state index in [9.17, 15) is 19.7 Å². The van der Waals surface area contributed by atoms with Gasteiger partial charge in [0.25, 0.3) is 5.69 Å². The molecule has 3 unspecified atom stereocenters. The van der Waals surface area contributed by atoms with Crippen molar-refractivity contribution in [3.8, 4) is 0 Å². The molecule has 2 aromatic heterocycles. The Morgan fingerprint density at radius 2 is 1.97 bits per heavy atom. The van der Waals surface area contributed by atoms with Gasteiger partial charge >= 0.3 is 11.9 Å². The Morgan fingerprint density at radius 3 is 2.61 bits per heavy atom. The number of nitrogen functional groups attached to an aromatic ring is 1. The van der Waals surface area contributed by atoms with Crippen LogP contribution in [0.25, 0.3) is 11.2 Å². The highest BCUT2D eigenvalue weighted by Crippen LogP contribution is 2.40. The maximum Gasteiger partial charge on any atom is 0.338 e. The fourth-order valence-electron chi connectivity index (χ4n) is 3.72. The average molecular weight is 473 g/mol. The van der Waals surface area contributed by atoms with E-state index in [-0.39, 0.29) is 28.8 Å². The number of aromatic nitrogens is 4. The standard InChI is InChI=1S/C20H17ClN6O6/c1-9-13(26-8-23-15-17(21)24-20(22)25-18(15)26)7-14(32-10(2)28)16(9)33-19(29)11-3-5-12(6-4-11)27(30)31/h3-6,8,13-14,16H,1,7H2,2H3,(H2,22,24,25). The van der Waals surface area contributed by atoms with Crippen LogP contribution in [0, 0.1) is 10.1 Å². The number of nitrogens with zero attached hydrogens (tertiary/aromatic N) is 5. The first-order valence-corrected chi connectivity index (χ1v) is 10.0. The summed E-state index contributed by atoms with van der Waals surface area (Å²) in [5.74, 6) is -1.36. The lowest BCUT2D eigenvalue weighted by molar-refractivity contribution is -0.384. The Hall–Kier alpha value is -4.06. The lowest BCUT2D eigenvalue weighted by atomic mass is 10.1. The Bertz CT molecular complexity index is 1290. The molecule has 13 heteroatoms. The first kappa shape index (κ1) is 22.1. The minimum Gasteiger partial charge on any atom is -0.458 e. The van der Waals surface area contributed by atoms with Gasteiger partial charge in [0.1, 0.15) is 11.6 Å². The van der Waals surface area contributed by atoms with Gasteiger partial charge in [-0.05, 0) is 17.7 Å². The Morgan fingerprint density at radius 1 is 1.27 bits per heavy atom. The van der Waals surface area contributed by atoms with Crippen molar-refractivity contribution in [1.29, 1.82) is 0 Å². The van der Waals surface area contributed by atoms with Crippen LogP contribution in [0.3, 0.4) is 0 Å². The third-order valence-corrected chi connectivity index (χ3v) is 5.45. The molecule has 1 saturated carbocycles. The van der Waals surface area contributed by atoms with E-state index in [0.717, 1.165) is 0 Å². The lowest BCUT2D eigenvalue weighted by Gasteiger charge is -2.20. The van der Waals surface area contributed by atoms with E-state index >= 15 is 0 Å². The second-order valence-electron chi connectivity index (χ2n) is 7.30. The predicted octanol–water partition coefficient (Wildman–Crippen LogP) is 2.63. The van der Waals surface area contributed by atoms with E-state index in [1.54, 1.807) is 4.57 Å². The molecule has 0 spiro atoms. The number of ether oxygens (including phenoxy) is 2.